The third-order valence-corrected chi connectivity index (χ3v) is 2.43. The molecule has 2 rings (SSSR count). The first-order valence-corrected chi connectivity index (χ1v) is 5.06. The lowest BCUT2D eigenvalue weighted by Crippen LogP contribution is -2.30. The molecule has 1 heterocycles. The molecule has 0 saturated carbocycles. The lowest BCUT2D eigenvalue weighted by atomic mass is 10.3. The van der Waals surface area contributed by atoms with Crippen molar-refractivity contribution in [3.05, 3.63) is 55.9 Å². The van der Waals surface area contributed by atoms with E-state index < -0.39 is 0 Å². The second-order valence-electron chi connectivity index (χ2n) is 3.49. The number of allylic oxidation sites excluding steroid dienone is 2. The van der Waals surface area contributed by atoms with Crippen LogP contribution >= 0.6 is 0 Å². The van der Waals surface area contributed by atoms with Gasteiger partial charge >= 0.3 is 0 Å². The molecule has 2 aromatic rings. The van der Waals surface area contributed by atoms with Gasteiger partial charge in [-0.2, -0.15) is 0 Å². The van der Waals surface area contributed by atoms with Gasteiger partial charge in [-0.05, 0) is 12.1 Å². The Kier molecular flexibility index (Phi) is 2.68. The Morgan fingerprint density at radius 3 is 2.73 bits per heavy atom. The maximum absolute atomic E-state index is 3.77. The smallest absolute Gasteiger partial charge is 0.226 e. The van der Waals surface area contributed by atoms with E-state index in [1.807, 2.05) is 12.2 Å². The van der Waals surface area contributed by atoms with Crippen LogP contribution in [0.5, 0.6) is 0 Å². The Morgan fingerprint density at radius 2 is 2.00 bits per heavy atom. The Bertz CT molecular complexity index is 450. The number of benzene rings is 1. The fraction of sp³-hybridized carbons (Fsp3) is 0.154. The average molecular weight is 199 g/mol. The van der Waals surface area contributed by atoms with Gasteiger partial charge in [-0.3, -0.25) is 0 Å². The second kappa shape index (κ2) is 4.13. The molecule has 15 heavy (non-hydrogen) atoms. The first-order valence-electron chi connectivity index (χ1n) is 5.06. The largest absolute Gasteiger partial charge is 0.245 e. The predicted molar refractivity (Wildman–Crippen MR) is 62.5 cm³/mol. The van der Waals surface area contributed by atoms with Crippen LogP contribution in [0.2, 0.25) is 0 Å². The van der Waals surface area contributed by atoms with Gasteiger partial charge in [-0.25, -0.2) is 9.13 Å². The number of aromatic nitrogens is 2. The van der Waals surface area contributed by atoms with E-state index >= 15 is 0 Å². The molecule has 2 heteroatoms. The predicted octanol–water partition coefficient (Wildman–Crippen LogP) is 2.30. The van der Waals surface area contributed by atoms with Gasteiger partial charge < -0.3 is 0 Å². The summed E-state index contributed by atoms with van der Waals surface area (Å²) < 4.78 is 4.37. The zero-order valence-corrected chi connectivity index (χ0v) is 8.76. The highest BCUT2D eigenvalue weighted by molar-refractivity contribution is 5.71. The van der Waals surface area contributed by atoms with Gasteiger partial charge in [0, 0.05) is 0 Å². The Hall–Kier alpha value is -1.83. The van der Waals surface area contributed by atoms with Gasteiger partial charge in [-0.1, -0.05) is 37.4 Å². The monoisotopic (exact) mass is 199 g/mol. The number of rotatable bonds is 4. The van der Waals surface area contributed by atoms with Gasteiger partial charge in [-0.15, -0.1) is 0 Å². The van der Waals surface area contributed by atoms with Crippen LogP contribution in [-0.4, -0.2) is 4.57 Å². The lowest BCUT2D eigenvalue weighted by molar-refractivity contribution is -0.661. The fourth-order valence-corrected chi connectivity index (χ4v) is 1.81. The minimum absolute atomic E-state index is 0.838. The Morgan fingerprint density at radius 1 is 1.20 bits per heavy atom. The highest BCUT2D eigenvalue weighted by atomic mass is 15.1. The van der Waals surface area contributed by atoms with Gasteiger partial charge in [0.15, 0.2) is 11.0 Å². The van der Waals surface area contributed by atoms with Crippen LogP contribution in [-0.2, 0) is 13.1 Å². The summed E-state index contributed by atoms with van der Waals surface area (Å²) in [4.78, 5) is 0. The Balaban J connectivity index is 2.61. The standard InChI is InChI=1S/C13H15N2/c1-3-9-14-11-15(10-4-2)13-8-6-5-7-12(13)14/h3-8,11H,1-2,9-10H2/q+1. The van der Waals surface area contributed by atoms with E-state index in [0.717, 1.165) is 13.1 Å². The van der Waals surface area contributed by atoms with Crippen molar-refractivity contribution in [2.45, 2.75) is 13.1 Å². The van der Waals surface area contributed by atoms with Crippen LogP contribution in [0.1, 0.15) is 0 Å². The summed E-state index contributed by atoms with van der Waals surface area (Å²) in [6, 6.07) is 8.36. The zero-order chi connectivity index (χ0) is 10.7. The number of nitrogens with zero attached hydrogens (tertiary/aromatic N) is 2. The molecule has 0 bridgehead atoms. The third kappa shape index (κ3) is 1.71. The first kappa shape index (κ1) is 9.71. The molecule has 0 amide bonds. The van der Waals surface area contributed by atoms with Crippen molar-refractivity contribution >= 4 is 11.0 Å². The highest BCUT2D eigenvalue weighted by Gasteiger charge is 2.12. The minimum Gasteiger partial charge on any atom is -0.226 e. The summed E-state index contributed by atoms with van der Waals surface area (Å²) >= 11 is 0. The lowest BCUT2D eigenvalue weighted by Gasteiger charge is -1.89. The molecule has 0 spiro atoms. The fourth-order valence-electron chi connectivity index (χ4n) is 1.81. The number of imidazole rings is 1. The van der Waals surface area contributed by atoms with E-state index in [4.69, 9.17) is 0 Å². The van der Waals surface area contributed by atoms with E-state index in [1.54, 1.807) is 0 Å². The topological polar surface area (TPSA) is 8.81 Å². The van der Waals surface area contributed by atoms with Crippen molar-refractivity contribution in [1.29, 1.82) is 0 Å². The van der Waals surface area contributed by atoms with E-state index in [1.165, 1.54) is 11.0 Å². The maximum atomic E-state index is 3.77. The van der Waals surface area contributed by atoms with Crippen molar-refractivity contribution in [1.82, 2.24) is 4.57 Å². The normalized spacial score (nSPS) is 10.4. The summed E-state index contributed by atoms with van der Waals surface area (Å²) in [6.45, 7) is 9.21. The molecular formula is C13H15N2+. The third-order valence-electron chi connectivity index (χ3n) is 2.43. The number of hydrogen-bond donors (Lipinski definition) is 0. The quantitative estimate of drug-likeness (QED) is 0.528. The molecule has 0 aliphatic carbocycles. The van der Waals surface area contributed by atoms with Crippen molar-refractivity contribution in [2.24, 2.45) is 0 Å². The van der Waals surface area contributed by atoms with Gasteiger partial charge in [0.2, 0.25) is 6.33 Å². The van der Waals surface area contributed by atoms with E-state index in [0.29, 0.717) is 0 Å². The van der Waals surface area contributed by atoms with Crippen LogP contribution < -0.4 is 4.57 Å². The molecule has 0 N–H and O–H groups in total. The molecule has 2 nitrogen and oxygen atoms in total. The van der Waals surface area contributed by atoms with E-state index in [9.17, 15) is 0 Å². The van der Waals surface area contributed by atoms with E-state index in [2.05, 4.69) is 52.9 Å². The molecule has 0 unspecified atom stereocenters. The van der Waals surface area contributed by atoms with Gasteiger partial charge in [0.05, 0.1) is 0 Å². The molecule has 1 aromatic carbocycles. The summed E-state index contributed by atoms with van der Waals surface area (Å²) in [5, 5.41) is 0. The summed E-state index contributed by atoms with van der Waals surface area (Å²) in [6.07, 6.45) is 5.92. The van der Waals surface area contributed by atoms with Crippen molar-refractivity contribution in [2.75, 3.05) is 0 Å². The molecular weight excluding hydrogens is 184 g/mol. The van der Waals surface area contributed by atoms with E-state index in [-0.39, 0.29) is 0 Å². The van der Waals surface area contributed by atoms with Crippen molar-refractivity contribution in [3.8, 4) is 0 Å². The molecule has 0 radical (unpaired) electrons. The highest BCUT2D eigenvalue weighted by Crippen LogP contribution is 2.10. The molecule has 0 aliphatic heterocycles. The van der Waals surface area contributed by atoms with Crippen molar-refractivity contribution in [3.63, 3.8) is 0 Å². The maximum Gasteiger partial charge on any atom is 0.245 e. The number of para-hydroxylation sites is 2. The minimum atomic E-state index is 0.838. The summed E-state index contributed by atoms with van der Waals surface area (Å²) in [5.74, 6) is 0. The Labute approximate surface area is 89.8 Å². The summed E-state index contributed by atoms with van der Waals surface area (Å²) in [7, 11) is 0. The molecule has 1 aromatic heterocycles. The van der Waals surface area contributed by atoms with Crippen LogP contribution in [0.15, 0.2) is 55.9 Å². The van der Waals surface area contributed by atoms with Crippen molar-refractivity contribution < 1.29 is 4.57 Å². The SMILES string of the molecule is C=CCn1c[n+](CC=C)c2ccccc21. The summed E-state index contributed by atoms with van der Waals surface area (Å²) in [5.41, 5.74) is 2.47. The first-order chi connectivity index (χ1) is 7.36. The van der Waals surface area contributed by atoms with Crippen LogP contribution in [0.4, 0.5) is 0 Å². The van der Waals surface area contributed by atoms with Gasteiger partial charge in [0.1, 0.15) is 13.1 Å². The van der Waals surface area contributed by atoms with Crippen LogP contribution in [0.25, 0.3) is 11.0 Å². The number of hydrogen-bond acceptors (Lipinski definition) is 0. The number of fused-ring (bicyclic) bond motifs is 1. The van der Waals surface area contributed by atoms with Crippen LogP contribution in [0, 0.1) is 0 Å². The second-order valence-corrected chi connectivity index (χ2v) is 3.49. The average Bonchev–Trinajstić information content (AvgIpc) is 2.59. The molecule has 0 fully saturated rings. The zero-order valence-electron chi connectivity index (χ0n) is 8.76. The van der Waals surface area contributed by atoms with Gasteiger partial charge in [0.25, 0.3) is 0 Å². The molecule has 0 aliphatic rings. The molecule has 0 saturated heterocycles. The molecule has 0 atom stereocenters. The molecule has 76 valence electrons. The van der Waals surface area contributed by atoms with Crippen LogP contribution in [0.3, 0.4) is 0 Å².